The van der Waals surface area contributed by atoms with Crippen LogP contribution in [0.5, 0.6) is 0 Å². The number of aromatic amines is 1. The van der Waals surface area contributed by atoms with Gasteiger partial charge in [-0.1, -0.05) is 23.2 Å². The van der Waals surface area contributed by atoms with Crippen molar-refractivity contribution in [3.63, 3.8) is 0 Å². The molecule has 1 aliphatic rings. The van der Waals surface area contributed by atoms with Crippen molar-refractivity contribution in [2.24, 2.45) is 0 Å². The van der Waals surface area contributed by atoms with Crippen molar-refractivity contribution in [1.82, 2.24) is 29.6 Å². The van der Waals surface area contributed by atoms with Crippen LogP contribution < -0.4 is 5.56 Å². The van der Waals surface area contributed by atoms with E-state index in [1.54, 1.807) is 23.0 Å². The Balaban J connectivity index is 1.21. The van der Waals surface area contributed by atoms with Gasteiger partial charge in [0.15, 0.2) is 5.82 Å². The maximum Gasteiger partial charge on any atom is 0.258 e. The first kappa shape index (κ1) is 21.1. The van der Waals surface area contributed by atoms with Gasteiger partial charge in [-0.25, -0.2) is 14.6 Å². The predicted octanol–water partition coefficient (Wildman–Crippen LogP) is 4.23. The smallest absolute Gasteiger partial charge is 0.258 e. The van der Waals surface area contributed by atoms with Gasteiger partial charge in [-0.2, -0.15) is 5.10 Å². The van der Waals surface area contributed by atoms with Crippen LogP contribution in [0.1, 0.15) is 29.9 Å². The second-order valence-corrected chi connectivity index (χ2v) is 9.00. The first-order valence-electron chi connectivity index (χ1n) is 10.6. The molecule has 1 aliphatic heterocycles. The highest BCUT2D eigenvalue weighted by atomic mass is 35.5. The van der Waals surface area contributed by atoms with E-state index in [-0.39, 0.29) is 5.56 Å². The van der Waals surface area contributed by atoms with Gasteiger partial charge in [-0.05, 0) is 73.7 Å². The van der Waals surface area contributed by atoms with E-state index in [4.69, 9.17) is 23.2 Å². The Morgan fingerprint density at radius 3 is 2.66 bits per heavy atom. The molecule has 9 heteroatoms. The number of piperidine rings is 1. The molecule has 0 spiro atoms. The largest absolute Gasteiger partial charge is 0.313 e. The molecule has 1 fully saturated rings. The lowest BCUT2D eigenvalue weighted by Gasteiger charge is -2.32. The van der Waals surface area contributed by atoms with Crippen LogP contribution in [-0.2, 0) is 6.42 Å². The van der Waals surface area contributed by atoms with E-state index in [1.807, 2.05) is 24.5 Å². The monoisotopic (exact) mass is 468 g/mol. The summed E-state index contributed by atoms with van der Waals surface area (Å²) in [5.74, 6) is 1.05. The van der Waals surface area contributed by atoms with E-state index < -0.39 is 0 Å². The number of hydrogen-bond donors (Lipinski definition) is 1. The lowest BCUT2D eigenvalue weighted by Crippen LogP contribution is -2.34. The zero-order chi connectivity index (χ0) is 22.1. The molecular formula is C23H22Cl2N6O. The number of nitrogens with zero attached hydrogens (tertiary/aromatic N) is 5. The maximum absolute atomic E-state index is 12.0. The van der Waals surface area contributed by atoms with Crippen molar-refractivity contribution < 1.29 is 0 Å². The van der Waals surface area contributed by atoms with Gasteiger partial charge in [0, 0.05) is 29.0 Å². The number of rotatable bonds is 5. The average Bonchev–Trinajstić information content (AvgIpc) is 3.26. The van der Waals surface area contributed by atoms with E-state index in [9.17, 15) is 4.79 Å². The van der Waals surface area contributed by atoms with Crippen LogP contribution in [0, 0.1) is 0 Å². The number of halogens is 2. The predicted molar refractivity (Wildman–Crippen MR) is 126 cm³/mol. The van der Waals surface area contributed by atoms with Crippen molar-refractivity contribution in [1.29, 1.82) is 0 Å². The van der Waals surface area contributed by atoms with Crippen LogP contribution in [0.15, 0.2) is 54.0 Å². The Hall–Kier alpha value is -2.74. The molecule has 32 heavy (non-hydrogen) atoms. The van der Waals surface area contributed by atoms with E-state index in [1.165, 1.54) is 11.9 Å². The van der Waals surface area contributed by atoms with Crippen LogP contribution >= 0.6 is 23.2 Å². The number of benzene rings is 1. The van der Waals surface area contributed by atoms with Gasteiger partial charge in [-0.3, -0.25) is 4.79 Å². The summed E-state index contributed by atoms with van der Waals surface area (Å²) in [7, 11) is 0. The minimum atomic E-state index is -0.186. The van der Waals surface area contributed by atoms with Crippen LogP contribution in [0.4, 0.5) is 0 Å². The maximum atomic E-state index is 12.0. The van der Waals surface area contributed by atoms with E-state index >= 15 is 0 Å². The standard InChI is InChI=1S/C23H22Cl2N6O/c24-18-9-17(10-19(25)11-18)16-3-7-30(8-4-16)6-2-15-12-29-31(13-15)22-21-20(1-5-26-22)23(32)28-14-27-21/h1,5,9-14,16H,2-4,6-8H2,(H,27,28,32). The average molecular weight is 469 g/mol. The molecule has 0 radical (unpaired) electrons. The van der Waals surface area contributed by atoms with Crippen molar-refractivity contribution >= 4 is 34.1 Å². The van der Waals surface area contributed by atoms with E-state index in [0.717, 1.165) is 44.5 Å². The van der Waals surface area contributed by atoms with Gasteiger partial charge >= 0.3 is 0 Å². The van der Waals surface area contributed by atoms with Crippen LogP contribution in [0.2, 0.25) is 10.0 Å². The summed E-state index contributed by atoms with van der Waals surface area (Å²) in [5, 5.41) is 6.36. The molecule has 4 heterocycles. The molecule has 1 saturated heterocycles. The third-order valence-electron chi connectivity index (χ3n) is 6.05. The molecule has 7 nitrogen and oxygen atoms in total. The van der Waals surface area contributed by atoms with Gasteiger partial charge in [-0.15, -0.1) is 0 Å². The van der Waals surface area contributed by atoms with Crippen LogP contribution in [0.3, 0.4) is 0 Å². The molecule has 4 aromatic rings. The van der Waals surface area contributed by atoms with Gasteiger partial charge in [0.05, 0.1) is 17.9 Å². The fourth-order valence-corrected chi connectivity index (χ4v) is 4.89. The molecule has 1 aromatic carbocycles. The third-order valence-corrected chi connectivity index (χ3v) is 6.49. The second kappa shape index (κ2) is 9.02. The van der Waals surface area contributed by atoms with Crippen molar-refractivity contribution in [3.8, 4) is 5.82 Å². The number of aromatic nitrogens is 5. The molecule has 0 amide bonds. The molecule has 0 unspecified atom stereocenters. The Morgan fingerprint density at radius 2 is 1.88 bits per heavy atom. The molecule has 0 saturated carbocycles. The highest BCUT2D eigenvalue weighted by Crippen LogP contribution is 2.31. The molecule has 0 bridgehead atoms. The van der Waals surface area contributed by atoms with E-state index in [0.29, 0.717) is 32.7 Å². The number of pyridine rings is 1. The fraction of sp³-hybridized carbons (Fsp3) is 0.304. The number of nitrogens with one attached hydrogen (secondary N) is 1. The lowest BCUT2D eigenvalue weighted by atomic mass is 9.89. The normalized spacial score (nSPS) is 15.4. The molecule has 5 rings (SSSR count). The number of H-pyrrole nitrogens is 1. The SMILES string of the molecule is O=c1[nH]cnc2c(-n3cc(CCN4CCC(c5cc(Cl)cc(Cl)c5)CC4)cn3)nccc12. The highest BCUT2D eigenvalue weighted by Gasteiger charge is 2.21. The third kappa shape index (κ3) is 4.41. The summed E-state index contributed by atoms with van der Waals surface area (Å²) in [6, 6.07) is 7.51. The molecule has 164 valence electrons. The fourth-order valence-electron chi connectivity index (χ4n) is 4.35. The zero-order valence-electron chi connectivity index (χ0n) is 17.3. The number of hydrogen-bond acceptors (Lipinski definition) is 5. The summed E-state index contributed by atoms with van der Waals surface area (Å²) in [4.78, 5) is 25.8. The second-order valence-electron chi connectivity index (χ2n) is 8.12. The minimum absolute atomic E-state index is 0.186. The lowest BCUT2D eigenvalue weighted by molar-refractivity contribution is 0.214. The van der Waals surface area contributed by atoms with Crippen molar-refractivity contribution in [2.45, 2.75) is 25.2 Å². The van der Waals surface area contributed by atoms with Crippen LogP contribution in [-0.4, -0.2) is 49.3 Å². The Bertz CT molecular complexity index is 1290. The number of likely N-dealkylation sites (tertiary alicyclic amines) is 1. The summed E-state index contributed by atoms with van der Waals surface area (Å²) >= 11 is 12.3. The van der Waals surface area contributed by atoms with Crippen molar-refractivity contribution in [2.75, 3.05) is 19.6 Å². The first-order valence-corrected chi connectivity index (χ1v) is 11.4. The Labute approximate surface area is 195 Å². The number of fused-ring (bicyclic) bond motifs is 1. The van der Waals surface area contributed by atoms with Gasteiger partial charge in [0.25, 0.3) is 5.56 Å². The highest BCUT2D eigenvalue weighted by molar-refractivity contribution is 6.34. The summed E-state index contributed by atoms with van der Waals surface area (Å²) < 4.78 is 1.69. The Morgan fingerprint density at radius 1 is 1.09 bits per heavy atom. The molecule has 3 aromatic heterocycles. The van der Waals surface area contributed by atoms with Gasteiger partial charge in [0.2, 0.25) is 0 Å². The molecule has 1 N–H and O–H groups in total. The molecular weight excluding hydrogens is 447 g/mol. The van der Waals surface area contributed by atoms with Gasteiger partial charge < -0.3 is 9.88 Å². The quantitative estimate of drug-likeness (QED) is 0.473. The van der Waals surface area contributed by atoms with Crippen LogP contribution in [0.25, 0.3) is 16.7 Å². The van der Waals surface area contributed by atoms with E-state index in [2.05, 4.69) is 25.0 Å². The molecule has 0 aliphatic carbocycles. The van der Waals surface area contributed by atoms with Crippen molar-refractivity contribution in [3.05, 3.63) is 80.7 Å². The summed E-state index contributed by atoms with van der Waals surface area (Å²) in [5.41, 5.74) is 2.71. The first-order chi connectivity index (χ1) is 15.6. The summed E-state index contributed by atoms with van der Waals surface area (Å²) in [6.07, 6.45) is 9.90. The summed E-state index contributed by atoms with van der Waals surface area (Å²) in [6.45, 7) is 3.05. The minimum Gasteiger partial charge on any atom is -0.313 e. The van der Waals surface area contributed by atoms with Gasteiger partial charge in [0.1, 0.15) is 5.52 Å². The topological polar surface area (TPSA) is 79.7 Å². The molecule has 0 atom stereocenters. The zero-order valence-corrected chi connectivity index (χ0v) is 18.9. The Kier molecular flexibility index (Phi) is 5.95.